The van der Waals surface area contributed by atoms with E-state index in [1.54, 1.807) is 71.8 Å². The Hall–Kier alpha value is -14.8. The maximum Gasteiger partial charge on any atom is 0.343 e. The number of hydrogen-bond acceptors (Lipinski definition) is 28. The minimum absolute atomic E-state index is 0.0378. The monoisotopic (exact) mass is 1700 g/mol. The number of hydrogen-bond donors (Lipinski definition) is 6. The number of aromatic hydroxyl groups is 2. The summed E-state index contributed by atoms with van der Waals surface area (Å²) in [7, 11) is 5.85. The maximum absolute atomic E-state index is 14.0. The molecular formula is C96H80N8O22. The first-order valence-electron chi connectivity index (χ1n) is 41.3. The molecule has 12 aromatic rings. The topological polar surface area (TPSA) is 379 Å². The summed E-state index contributed by atoms with van der Waals surface area (Å²) in [6, 6.07) is 47.9. The summed E-state index contributed by atoms with van der Waals surface area (Å²) in [4.78, 5) is 101. The molecule has 2 unspecified atom stereocenters. The second-order valence-corrected chi connectivity index (χ2v) is 32.6. The largest absolute Gasteiger partial charge is 0.502 e. The molecule has 636 valence electrons. The SMILES string of the molecule is CC[C@@]1(O)C(=O)OCc2c1cc1n(c2=O)Cc2c-1nc1ccccc1c2C=Nc1ccc(NC2c3cc4c(cc3[C@@H](c3cc(OC)c(O)c(OC)c3)[C@H]3C(=O)OC[C@H]23)OCO4)cc1.CC[C@@]1(O)C(=O)OCc2c1cc1n(c2=O)Cc2c-1nc1ccccc1c2C=Nc1ccccc1NC1c2cc3c(cc2[C@@H](c2cc(OC)c(O)c(OC)c2)[C@H]2C(=O)OC[C@H]12)OCO3. The third-order valence-electron chi connectivity index (χ3n) is 26.5. The molecule has 30 nitrogen and oxygen atoms in total. The van der Waals surface area contributed by atoms with Gasteiger partial charge in [-0.25, -0.2) is 19.6 Å². The van der Waals surface area contributed by atoms with E-state index in [1.165, 1.54) is 28.4 Å². The summed E-state index contributed by atoms with van der Waals surface area (Å²) in [6.45, 7) is 3.80. The van der Waals surface area contributed by atoms with Crippen LogP contribution in [0.3, 0.4) is 0 Å². The first-order valence-corrected chi connectivity index (χ1v) is 41.3. The van der Waals surface area contributed by atoms with Gasteiger partial charge in [0.25, 0.3) is 11.1 Å². The van der Waals surface area contributed by atoms with E-state index in [9.17, 15) is 49.2 Å². The van der Waals surface area contributed by atoms with Crippen molar-refractivity contribution in [3.8, 4) is 80.3 Å². The zero-order chi connectivity index (χ0) is 86.6. The Bertz CT molecular complexity index is 6850. The molecule has 6 N–H and O–H groups in total. The van der Waals surface area contributed by atoms with Gasteiger partial charge in [-0.3, -0.25) is 29.2 Å². The van der Waals surface area contributed by atoms with E-state index in [2.05, 4.69) is 10.6 Å². The number of nitrogens with zero attached hydrogens (tertiary/aromatic N) is 6. The molecule has 30 heteroatoms. The van der Waals surface area contributed by atoms with E-state index in [-0.39, 0.29) is 164 Å². The lowest BCUT2D eigenvalue weighted by Crippen LogP contribution is -2.44. The fourth-order valence-electron chi connectivity index (χ4n) is 20.1. The molecule has 8 aromatic carbocycles. The number of methoxy groups -OCH3 is 4. The molecule has 0 radical (unpaired) electrons. The normalized spacial score (nSPS) is 22.5. The van der Waals surface area contributed by atoms with Gasteiger partial charge in [0.1, 0.15) is 13.2 Å². The van der Waals surface area contributed by atoms with Gasteiger partial charge in [0, 0.05) is 85.9 Å². The fraction of sp³-hybridized carbons (Fsp3) is 0.271. The van der Waals surface area contributed by atoms with E-state index < -0.39 is 52.9 Å². The van der Waals surface area contributed by atoms with Crippen LogP contribution in [0.2, 0.25) is 0 Å². The van der Waals surface area contributed by atoms with Crippen molar-refractivity contribution in [1.29, 1.82) is 0 Å². The molecule has 10 aliphatic rings. The number of fused-ring (bicyclic) bond motifs is 16. The molecule has 22 rings (SSSR count). The second kappa shape index (κ2) is 30.0. The van der Waals surface area contributed by atoms with Crippen LogP contribution in [0.5, 0.6) is 57.5 Å². The van der Waals surface area contributed by atoms with Crippen LogP contribution in [0, 0.1) is 23.7 Å². The van der Waals surface area contributed by atoms with Crippen molar-refractivity contribution < 1.29 is 96.4 Å². The van der Waals surface area contributed by atoms with Crippen LogP contribution in [0.1, 0.15) is 128 Å². The van der Waals surface area contributed by atoms with E-state index in [4.69, 9.17) is 76.8 Å². The number of cyclic esters (lactones) is 4. The Balaban J connectivity index is 0.000000154. The number of anilines is 2. The van der Waals surface area contributed by atoms with Gasteiger partial charge in [-0.05, 0) is 155 Å². The molecule has 0 spiro atoms. The van der Waals surface area contributed by atoms with E-state index in [0.717, 1.165) is 61.0 Å². The number of rotatable bonds is 16. The zero-order valence-electron chi connectivity index (χ0n) is 68.7. The number of esters is 4. The standard InChI is InChI=1S/2C48H40N4O11/c1-4-48(57)31-17-35-43-28(19-52(35)45(54)29(31)20-61-47(48)56)27(24-9-5-6-10-32(24)50-43)18-49-33-11-7-8-12-34(33)51-42-26-16-37-36(62-22-63-37)15-25(26)40(41-30(42)21-60-46(41)55)23-13-38(58-2)44(53)39(14-23)59-3;1-4-48(57)33-17-35-43-30(19-52(35)45(54)31(33)20-61-47(48)56)29(26-7-5-6-8-34(26)51-43)18-49-24-9-11-25(12-10-24)50-42-28-16-37-36(62-22-63-37)15-27(28)40(41-32(42)21-60-46(41)55)23-13-38(58-2)44(53)39(14-23)59-3/h5-18,30,40-42,51,53,57H,4,19-22H2,1-3H3;5-18,32,40-42,50,53,57H,4,19-22H2,1-3H3/t30-,40+,41-,42?,48-;32-,40+,41-,42?,48-/m00/s1. The number of benzene rings is 8. The Morgan fingerprint density at radius 1 is 0.476 bits per heavy atom. The summed E-state index contributed by atoms with van der Waals surface area (Å²) < 4.78 is 70.9. The maximum atomic E-state index is 14.0. The Kier molecular flexibility index (Phi) is 18.7. The number of aromatic nitrogens is 4. The average molecular weight is 1700 g/mol. The lowest BCUT2D eigenvalue weighted by molar-refractivity contribution is -0.172. The quantitative estimate of drug-likeness (QED) is 0.0297. The lowest BCUT2D eigenvalue weighted by Gasteiger charge is -2.40. The molecule has 2 aliphatic carbocycles. The lowest BCUT2D eigenvalue weighted by atomic mass is 9.65. The number of pyridine rings is 4. The summed E-state index contributed by atoms with van der Waals surface area (Å²) >= 11 is 0. The van der Waals surface area contributed by atoms with Crippen molar-refractivity contribution in [2.24, 2.45) is 33.7 Å². The van der Waals surface area contributed by atoms with Gasteiger partial charge in [-0.1, -0.05) is 62.4 Å². The van der Waals surface area contributed by atoms with Crippen LogP contribution < -0.4 is 59.6 Å². The van der Waals surface area contributed by atoms with Gasteiger partial charge in [0.2, 0.25) is 25.1 Å². The predicted octanol–water partition coefficient (Wildman–Crippen LogP) is 12.7. The van der Waals surface area contributed by atoms with Crippen LogP contribution in [-0.2, 0) is 75.6 Å². The zero-order valence-corrected chi connectivity index (χ0v) is 68.7. The number of ether oxygens (including phenoxy) is 12. The van der Waals surface area contributed by atoms with Crippen LogP contribution in [0.25, 0.3) is 44.6 Å². The Morgan fingerprint density at radius 2 is 0.889 bits per heavy atom. The number of carbonyl (C=O) groups excluding carboxylic acids is 4. The van der Waals surface area contributed by atoms with Crippen molar-refractivity contribution in [2.75, 3.05) is 65.9 Å². The minimum atomic E-state index is -1.95. The molecule has 126 heavy (non-hydrogen) atoms. The highest BCUT2D eigenvalue weighted by Crippen LogP contribution is 2.60. The van der Waals surface area contributed by atoms with Crippen molar-refractivity contribution >= 4 is 80.9 Å². The molecule has 0 bridgehead atoms. The van der Waals surface area contributed by atoms with E-state index in [1.807, 2.05) is 121 Å². The Labute approximate surface area is 717 Å². The molecule has 4 aromatic heterocycles. The number of nitrogens with one attached hydrogen (secondary N) is 2. The number of aliphatic hydroxyl groups is 2. The highest BCUT2D eigenvalue weighted by atomic mass is 16.7. The molecule has 10 atom stereocenters. The summed E-state index contributed by atoms with van der Waals surface area (Å²) in [5, 5.41) is 53.5. The third-order valence-corrected chi connectivity index (χ3v) is 26.5. The smallest absolute Gasteiger partial charge is 0.343 e. The molecule has 0 amide bonds. The number of phenolic OH excluding ortho intramolecular Hbond substituents is 2. The molecule has 0 saturated carbocycles. The summed E-state index contributed by atoms with van der Waals surface area (Å²) in [6.07, 6.45) is 3.66. The van der Waals surface area contributed by atoms with Crippen molar-refractivity contribution in [1.82, 2.24) is 19.1 Å². The number of carbonyl (C=O) groups is 4. The third kappa shape index (κ3) is 12.2. The molecule has 2 fully saturated rings. The first kappa shape index (κ1) is 78.5. The number of para-hydroxylation sites is 4. The van der Waals surface area contributed by atoms with Crippen molar-refractivity contribution in [2.45, 2.75) is 88.1 Å². The molecule has 2 saturated heterocycles. The van der Waals surface area contributed by atoms with Crippen molar-refractivity contribution in [3.63, 3.8) is 0 Å². The van der Waals surface area contributed by atoms with Crippen LogP contribution in [0.15, 0.2) is 177 Å². The summed E-state index contributed by atoms with van der Waals surface area (Å²) in [5.74, 6) is -2.21. The predicted molar refractivity (Wildman–Crippen MR) is 456 cm³/mol. The van der Waals surface area contributed by atoms with E-state index >= 15 is 0 Å². The van der Waals surface area contributed by atoms with Gasteiger partial charge in [-0.15, -0.1) is 0 Å². The molecule has 8 aliphatic heterocycles. The van der Waals surface area contributed by atoms with Gasteiger partial charge < -0.3 is 97.0 Å². The molecular weight excluding hydrogens is 1620 g/mol. The van der Waals surface area contributed by atoms with Crippen LogP contribution in [0.4, 0.5) is 22.7 Å². The van der Waals surface area contributed by atoms with Crippen molar-refractivity contribution in [3.05, 3.63) is 256 Å². The van der Waals surface area contributed by atoms with Gasteiger partial charge in [0.05, 0.1) is 141 Å². The highest BCUT2D eigenvalue weighted by Gasteiger charge is 2.56. The van der Waals surface area contributed by atoms with Gasteiger partial charge in [-0.2, -0.15) is 0 Å². The molecule has 12 heterocycles. The number of aliphatic imine (C=N–C) groups is 2. The number of phenols is 2. The van der Waals surface area contributed by atoms with E-state index in [0.29, 0.717) is 85.0 Å². The fourth-order valence-corrected chi connectivity index (χ4v) is 20.1. The van der Waals surface area contributed by atoms with Gasteiger partial charge >= 0.3 is 23.9 Å². The summed E-state index contributed by atoms with van der Waals surface area (Å²) in [5.41, 5.74) is 10.7. The second-order valence-electron chi connectivity index (χ2n) is 32.6. The van der Waals surface area contributed by atoms with Gasteiger partial charge in [0.15, 0.2) is 57.2 Å². The average Bonchev–Trinajstić information content (AvgIpc) is 1.49. The van der Waals surface area contributed by atoms with Crippen LogP contribution in [-0.4, -0.2) is 131 Å². The minimum Gasteiger partial charge on any atom is -0.502 e. The Morgan fingerprint density at radius 3 is 1.33 bits per heavy atom. The highest BCUT2D eigenvalue weighted by molar-refractivity contribution is 6.05. The first-order chi connectivity index (χ1) is 61.2. The van der Waals surface area contributed by atoms with Crippen LogP contribution >= 0.6 is 0 Å².